The van der Waals surface area contributed by atoms with Gasteiger partial charge in [-0.2, -0.15) is 0 Å². The number of pyridine rings is 1. The van der Waals surface area contributed by atoms with Gasteiger partial charge in [0.05, 0.1) is 11.2 Å². The van der Waals surface area contributed by atoms with Crippen molar-refractivity contribution in [1.82, 2.24) is 4.98 Å². The summed E-state index contributed by atoms with van der Waals surface area (Å²) < 4.78 is 5.29. The molecule has 0 fully saturated rings. The Labute approximate surface area is 85.9 Å². The van der Waals surface area contributed by atoms with E-state index in [1.165, 1.54) is 0 Å². The maximum atomic E-state index is 11.1. The minimum atomic E-state index is -0.120. The summed E-state index contributed by atoms with van der Waals surface area (Å²) >= 11 is 0. The zero-order valence-electron chi connectivity index (χ0n) is 7.86. The second-order valence-corrected chi connectivity index (χ2v) is 3.38. The normalized spacial score (nSPS) is 14.3. The van der Waals surface area contributed by atoms with Crippen molar-refractivity contribution in [3.63, 3.8) is 0 Å². The molecule has 0 aliphatic carbocycles. The molecule has 1 N–H and O–H groups in total. The summed E-state index contributed by atoms with van der Waals surface area (Å²) in [6.45, 7) is 0.0747. The number of ether oxygens (including phenoxy) is 1. The van der Waals surface area contributed by atoms with Crippen LogP contribution in [0.1, 0.15) is 0 Å². The lowest BCUT2D eigenvalue weighted by molar-refractivity contribution is -0.118. The molecule has 4 nitrogen and oxygen atoms in total. The van der Waals surface area contributed by atoms with E-state index < -0.39 is 0 Å². The number of nitrogens with zero attached hydrogens (tertiary/aromatic N) is 1. The number of carbonyl (C=O) groups is 1. The van der Waals surface area contributed by atoms with E-state index in [9.17, 15) is 4.79 Å². The summed E-state index contributed by atoms with van der Waals surface area (Å²) in [6, 6.07) is 7.52. The quantitative estimate of drug-likeness (QED) is 0.702. The van der Waals surface area contributed by atoms with Gasteiger partial charge in [-0.1, -0.05) is 6.07 Å². The zero-order chi connectivity index (χ0) is 10.3. The molecule has 0 radical (unpaired) electrons. The van der Waals surface area contributed by atoms with Crippen LogP contribution >= 0.6 is 0 Å². The first-order valence-electron chi connectivity index (χ1n) is 4.64. The molecule has 74 valence electrons. The Morgan fingerprint density at radius 2 is 2.33 bits per heavy atom. The maximum absolute atomic E-state index is 11.1. The lowest BCUT2D eigenvalue weighted by Gasteiger charge is -2.18. The minimum absolute atomic E-state index is 0.0747. The van der Waals surface area contributed by atoms with Gasteiger partial charge in [-0.25, -0.2) is 0 Å². The van der Waals surface area contributed by atoms with Crippen LogP contribution in [-0.2, 0) is 4.79 Å². The first kappa shape index (κ1) is 8.23. The van der Waals surface area contributed by atoms with Crippen LogP contribution in [0, 0.1) is 0 Å². The van der Waals surface area contributed by atoms with Crippen LogP contribution in [0.15, 0.2) is 30.5 Å². The second-order valence-electron chi connectivity index (χ2n) is 3.38. The van der Waals surface area contributed by atoms with Crippen molar-refractivity contribution in [2.75, 3.05) is 11.9 Å². The van der Waals surface area contributed by atoms with Crippen molar-refractivity contribution >= 4 is 22.5 Å². The standard InChI is InChI=1S/C11H8N2O2/c14-11-6-15-10-5-8-7(2-1-3-12-8)4-9(10)13-11/h1-5H,6H2,(H,13,14). The Hall–Kier alpha value is -2.10. The molecule has 1 aromatic heterocycles. The Balaban J connectivity index is 2.24. The lowest BCUT2D eigenvalue weighted by Crippen LogP contribution is -2.25. The summed E-state index contributed by atoms with van der Waals surface area (Å²) in [5.74, 6) is 0.562. The highest BCUT2D eigenvalue weighted by Crippen LogP contribution is 2.31. The van der Waals surface area contributed by atoms with Crippen molar-refractivity contribution in [2.45, 2.75) is 0 Å². The monoisotopic (exact) mass is 200 g/mol. The van der Waals surface area contributed by atoms with Crippen LogP contribution in [0.4, 0.5) is 5.69 Å². The van der Waals surface area contributed by atoms with E-state index in [2.05, 4.69) is 10.3 Å². The fraction of sp³-hybridized carbons (Fsp3) is 0.0909. The Morgan fingerprint density at radius 1 is 1.40 bits per heavy atom. The molecule has 15 heavy (non-hydrogen) atoms. The molecule has 1 amide bonds. The van der Waals surface area contributed by atoms with Gasteiger partial charge in [-0.3, -0.25) is 9.78 Å². The van der Waals surface area contributed by atoms with Crippen LogP contribution in [0.5, 0.6) is 5.75 Å². The smallest absolute Gasteiger partial charge is 0.262 e. The summed E-state index contributed by atoms with van der Waals surface area (Å²) in [5.41, 5.74) is 1.58. The average molecular weight is 200 g/mol. The van der Waals surface area contributed by atoms with Gasteiger partial charge in [0.2, 0.25) is 0 Å². The third-order valence-electron chi connectivity index (χ3n) is 2.34. The number of aromatic nitrogens is 1. The van der Waals surface area contributed by atoms with Crippen molar-refractivity contribution in [3.05, 3.63) is 30.5 Å². The fourth-order valence-electron chi connectivity index (χ4n) is 1.65. The third-order valence-corrected chi connectivity index (χ3v) is 2.34. The number of hydrogen-bond donors (Lipinski definition) is 1. The highest BCUT2D eigenvalue weighted by atomic mass is 16.5. The second kappa shape index (κ2) is 2.95. The number of amides is 1. The molecular weight excluding hydrogens is 192 g/mol. The number of benzene rings is 1. The Bertz CT molecular complexity index is 551. The molecule has 4 heteroatoms. The molecule has 0 unspecified atom stereocenters. The van der Waals surface area contributed by atoms with E-state index >= 15 is 0 Å². The molecule has 0 saturated carbocycles. The predicted molar refractivity (Wildman–Crippen MR) is 55.9 cm³/mol. The van der Waals surface area contributed by atoms with E-state index in [1.807, 2.05) is 24.3 Å². The van der Waals surface area contributed by atoms with Crippen LogP contribution < -0.4 is 10.1 Å². The van der Waals surface area contributed by atoms with Gasteiger partial charge in [-0.15, -0.1) is 0 Å². The predicted octanol–water partition coefficient (Wildman–Crippen LogP) is 1.57. The molecule has 0 saturated heterocycles. The van der Waals surface area contributed by atoms with Crippen molar-refractivity contribution in [1.29, 1.82) is 0 Å². The summed E-state index contributed by atoms with van der Waals surface area (Å²) in [4.78, 5) is 15.3. The highest BCUT2D eigenvalue weighted by Gasteiger charge is 2.16. The molecule has 1 aliphatic heterocycles. The van der Waals surface area contributed by atoms with Crippen LogP contribution in [-0.4, -0.2) is 17.5 Å². The van der Waals surface area contributed by atoms with Crippen molar-refractivity contribution < 1.29 is 9.53 Å². The molecule has 0 spiro atoms. The first-order chi connectivity index (χ1) is 7.33. The van der Waals surface area contributed by atoms with E-state index in [0.29, 0.717) is 11.4 Å². The van der Waals surface area contributed by atoms with Gasteiger partial charge < -0.3 is 10.1 Å². The topological polar surface area (TPSA) is 51.2 Å². The molecule has 3 rings (SSSR count). The number of carbonyl (C=O) groups excluding carboxylic acids is 1. The lowest BCUT2D eigenvalue weighted by atomic mass is 10.1. The molecule has 0 bridgehead atoms. The molecule has 2 heterocycles. The first-order valence-corrected chi connectivity index (χ1v) is 4.64. The van der Waals surface area contributed by atoms with Gasteiger partial charge in [-0.05, 0) is 12.1 Å². The average Bonchev–Trinajstić information content (AvgIpc) is 2.26. The number of anilines is 1. The van der Waals surface area contributed by atoms with E-state index in [1.54, 1.807) is 6.20 Å². The van der Waals surface area contributed by atoms with E-state index in [0.717, 1.165) is 10.9 Å². The SMILES string of the molecule is O=C1COc2cc3ncccc3cc2N1. The zero-order valence-corrected chi connectivity index (χ0v) is 7.86. The van der Waals surface area contributed by atoms with Gasteiger partial charge in [0, 0.05) is 17.6 Å². The van der Waals surface area contributed by atoms with Gasteiger partial charge in [0.1, 0.15) is 5.75 Å². The highest BCUT2D eigenvalue weighted by molar-refractivity contribution is 5.98. The number of rotatable bonds is 0. The van der Waals surface area contributed by atoms with E-state index in [-0.39, 0.29) is 12.5 Å². The molecule has 2 aromatic rings. The molecule has 1 aliphatic rings. The van der Waals surface area contributed by atoms with Crippen molar-refractivity contribution in [3.8, 4) is 5.75 Å². The maximum Gasteiger partial charge on any atom is 0.262 e. The Kier molecular flexibility index (Phi) is 1.62. The number of nitrogens with one attached hydrogen (secondary N) is 1. The van der Waals surface area contributed by atoms with Gasteiger partial charge in [0.25, 0.3) is 5.91 Å². The molecule has 1 aromatic carbocycles. The summed E-state index contributed by atoms with van der Waals surface area (Å²) in [7, 11) is 0. The molecular formula is C11H8N2O2. The third kappa shape index (κ3) is 1.30. The summed E-state index contributed by atoms with van der Waals surface area (Å²) in [5, 5.41) is 3.75. The number of hydrogen-bond acceptors (Lipinski definition) is 3. The van der Waals surface area contributed by atoms with Crippen LogP contribution in [0.2, 0.25) is 0 Å². The Morgan fingerprint density at radius 3 is 3.27 bits per heavy atom. The van der Waals surface area contributed by atoms with E-state index in [4.69, 9.17) is 4.74 Å². The van der Waals surface area contributed by atoms with Crippen LogP contribution in [0.25, 0.3) is 10.9 Å². The van der Waals surface area contributed by atoms with Crippen LogP contribution in [0.3, 0.4) is 0 Å². The minimum Gasteiger partial charge on any atom is -0.482 e. The largest absolute Gasteiger partial charge is 0.482 e. The van der Waals surface area contributed by atoms with Gasteiger partial charge >= 0.3 is 0 Å². The fourth-order valence-corrected chi connectivity index (χ4v) is 1.65. The molecule has 0 atom stereocenters. The van der Waals surface area contributed by atoms with Crippen molar-refractivity contribution in [2.24, 2.45) is 0 Å². The summed E-state index contributed by atoms with van der Waals surface area (Å²) in [6.07, 6.45) is 1.73. The van der Waals surface area contributed by atoms with Gasteiger partial charge in [0.15, 0.2) is 6.61 Å². The number of fused-ring (bicyclic) bond motifs is 2.